The maximum Gasteiger partial charge on any atom is 0.0897 e. The van der Waals surface area contributed by atoms with Crippen LogP contribution in [0.5, 0.6) is 0 Å². The van der Waals surface area contributed by atoms with Gasteiger partial charge in [-0.05, 0) is 37.4 Å². The number of thiazole rings is 1. The lowest BCUT2D eigenvalue weighted by Crippen LogP contribution is -2.22. The summed E-state index contributed by atoms with van der Waals surface area (Å²) < 4.78 is 0. The zero-order valence-corrected chi connectivity index (χ0v) is 12.8. The van der Waals surface area contributed by atoms with Crippen molar-refractivity contribution in [3.05, 3.63) is 51.5 Å². The Morgan fingerprint density at radius 3 is 2.37 bits per heavy atom. The van der Waals surface area contributed by atoms with Crippen molar-refractivity contribution in [1.29, 1.82) is 0 Å². The van der Waals surface area contributed by atoms with E-state index in [1.54, 1.807) is 11.3 Å². The number of aromatic nitrogens is 1. The van der Waals surface area contributed by atoms with Gasteiger partial charge in [0.25, 0.3) is 0 Å². The van der Waals surface area contributed by atoms with Crippen LogP contribution in [0.4, 0.5) is 0 Å². The van der Waals surface area contributed by atoms with Gasteiger partial charge in [0.2, 0.25) is 0 Å². The lowest BCUT2D eigenvalue weighted by Gasteiger charge is -2.16. The second-order valence-electron chi connectivity index (χ2n) is 4.77. The van der Waals surface area contributed by atoms with Crippen LogP contribution in [0.25, 0.3) is 0 Å². The molecule has 2 aromatic rings. The molecule has 0 amide bonds. The van der Waals surface area contributed by atoms with E-state index in [0.29, 0.717) is 6.04 Å². The first-order chi connectivity index (χ1) is 9.22. The summed E-state index contributed by atoms with van der Waals surface area (Å²) in [5.74, 6) is 0. The van der Waals surface area contributed by atoms with Gasteiger partial charge in [-0.25, -0.2) is 4.98 Å². The first-order valence-electron chi connectivity index (χ1n) is 6.96. The number of nitrogens with zero attached hydrogens (tertiary/aromatic N) is 1. The summed E-state index contributed by atoms with van der Waals surface area (Å²) in [5, 5.41) is 4.70. The molecule has 19 heavy (non-hydrogen) atoms. The fourth-order valence-corrected chi connectivity index (χ4v) is 3.07. The average Bonchev–Trinajstić information content (AvgIpc) is 2.86. The van der Waals surface area contributed by atoms with Crippen molar-refractivity contribution in [3.8, 4) is 0 Å². The van der Waals surface area contributed by atoms with Crippen LogP contribution in [0.15, 0.2) is 30.5 Å². The molecular formula is C16H22N2S. The van der Waals surface area contributed by atoms with Gasteiger partial charge in [0, 0.05) is 17.1 Å². The van der Waals surface area contributed by atoms with Crippen molar-refractivity contribution in [2.45, 2.75) is 39.7 Å². The second-order valence-corrected chi connectivity index (χ2v) is 6.03. The molecular weight excluding hydrogens is 252 g/mol. The van der Waals surface area contributed by atoms with E-state index in [2.05, 4.69) is 55.3 Å². The Morgan fingerprint density at radius 1 is 1.16 bits per heavy atom. The van der Waals surface area contributed by atoms with Gasteiger partial charge in [-0.1, -0.05) is 38.1 Å². The fourth-order valence-electron chi connectivity index (χ4n) is 2.21. The Hall–Kier alpha value is -1.19. The second kappa shape index (κ2) is 6.83. The molecule has 0 aliphatic carbocycles. The molecule has 0 spiro atoms. The number of nitrogens with one attached hydrogen (secondary N) is 1. The Balaban J connectivity index is 2.11. The molecule has 1 heterocycles. The summed E-state index contributed by atoms with van der Waals surface area (Å²) >= 11 is 1.79. The lowest BCUT2D eigenvalue weighted by atomic mass is 10.0. The van der Waals surface area contributed by atoms with Gasteiger partial charge in [-0.3, -0.25) is 0 Å². The highest BCUT2D eigenvalue weighted by Gasteiger charge is 2.13. The molecule has 1 unspecified atom stereocenters. The molecule has 1 atom stereocenters. The smallest absolute Gasteiger partial charge is 0.0897 e. The third-order valence-electron chi connectivity index (χ3n) is 3.30. The SMILES string of the molecule is CCNC(Cc1ccc(CC)cc1)c1cnc(C)s1. The first-order valence-corrected chi connectivity index (χ1v) is 7.78. The van der Waals surface area contributed by atoms with Crippen LogP contribution in [0.2, 0.25) is 0 Å². The van der Waals surface area contributed by atoms with Gasteiger partial charge in [-0.2, -0.15) is 0 Å². The highest BCUT2D eigenvalue weighted by atomic mass is 32.1. The summed E-state index contributed by atoms with van der Waals surface area (Å²) in [6, 6.07) is 9.34. The minimum absolute atomic E-state index is 0.378. The van der Waals surface area contributed by atoms with Gasteiger partial charge in [0.1, 0.15) is 0 Å². The van der Waals surface area contributed by atoms with E-state index in [9.17, 15) is 0 Å². The molecule has 0 saturated carbocycles. The number of hydrogen-bond acceptors (Lipinski definition) is 3. The number of benzene rings is 1. The summed E-state index contributed by atoms with van der Waals surface area (Å²) in [6.07, 6.45) is 4.14. The van der Waals surface area contributed by atoms with E-state index in [-0.39, 0.29) is 0 Å². The Morgan fingerprint density at radius 2 is 1.84 bits per heavy atom. The van der Waals surface area contributed by atoms with Gasteiger partial charge >= 0.3 is 0 Å². The molecule has 0 saturated heterocycles. The Bertz CT molecular complexity index is 502. The van der Waals surface area contributed by atoms with Crippen LogP contribution in [0.3, 0.4) is 0 Å². The standard InChI is InChI=1S/C16H22N2S/c1-4-13-6-8-14(9-7-13)10-15(17-5-2)16-11-18-12(3)19-16/h6-9,11,15,17H,4-5,10H2,1-3H3. The van der Waals surface area contributed by atoms with Crippen LogP contribution >= 0.6 is 11.3 Å². The average molecular weight is 274 g/mol. The zero-order chi connectivity index (χ0) is 13.7. The molecule has 2 nitrogen and oxygen atoms in total. The molecule has 0 bridgehead atoms. The largest absolute Gasteiger partial charge is 0.309 e. The predicted molar refractivity (Wildman–Crippen MR) is 82.8 cm³/mol. The Kier molecular flexibility index (Phi) is 5.11. The highest BCUT2D eigenvalue weighted by Crippen LogP contribution is 2.24. The van der Waals surface area contributed by atoms with Crippen LogP contribution in [0.1, 0.15) is 40.9 Å². The summed E-state index contributed by atoms with van der Waals surface area (Å²) in [7, 11) is 0. The van der Waals surface area contributed by atoms with Crippen molar-refractivity contribution in [2.75, 3.05) is 6.54 Å². The van der Waals surface area contributed by atoms with Gasteiger partial charge in [0.15, 0.2) is 0 Å². The van der Waals surface area contributed by atoms with Crippen LogP contribution < -0.4 is 5.32 Å². The van der Waals surface area contributed by atoms with Crippen molar-refractivity contribution < 1.29 is 0 Å². The Labute approximate surface area is 119 Å². The molecule has 0 radical (unpaired) electrons. The van der Waals surface area contributed by atoms with Gasteiger partial charge in [-0.15, -0.1) is 11.3 Å². The molecule has 2 rings (SSSR count). The van der Waals surface area contributed by atoms with Crippen LogP contribution in [0, 0.1) is 6.92 Å². The monoisotopic (exact) mass is 274 g/mol. The third-order valence-corrected chi connectivity index (χ3v) is 4.33. The minimum Gasteiger partial charge on any atom is -0.309 e. The molecule has 102 valence electrons. The number of aryl methyl sites for hydroxylation is 2. The first kappa shape index (κ1) is 14.2. The predicted octanol–water partition coefficient (Wildman–Crippen LogP) is 3.91. The molecule has 3 heteroatoms. The number of likely N-dealkylation sites (N-methyl/N-ethyl adjacent to an activating group) is 1. The van der Waals surface area contributed by atoms with E-state index < -0.39 is 0 Å². The van der Waals surface area contributed by atoms with E-state index >= 15 is 0 Å². The molecule has 1 aromatic heterocycles. The van der Waals surface area contributed by atoms with Gasteiger partial charge < -0.3 is 5.32 Å². The van der Waals surface area contributed by atoms with Gasteiger partial charge in [0.05, 0.1) is 5.01 Å². The van der Waals surface area contributed by atoms with Crippen molar-refractivity contribution in [3.63, 3.8) is 0 Å². The maximum absolute atomic E-state index is 4.37. The van der Waals surface area contributed by atoms with E-state index in [0.717, 1.165) is 24.4 Å². The third kappa shape index (κ3) is 3.88. The molecule has 1 N–H and O–H groups in total. The van der Waals surface area contributed by atoms with Crippen molar-refractivity contribution in [2.24, 2.45) is 0 Å². The summed E-state index contributed by atoms with van der Waals surface area (Å²) in [5.41, 5.74) is 2.78. The zero-order valence-electron chi connectivity index (χ0n) is 11.9. The van der Waals surface area contributed by atoms with Crippen molar-refractivity contribution in [1.82, 2.24) is 10.3 Å². The molecule has 0 fully saturated rings. The van der Waals surface area contributed by atoms with Crippen molar-refractivity contribution >= 4 is 11.3 Å². The lowest BCUT2D eigenvalue weighted by molar-refractivity contribution is 0.557. The maximum atomic E-state index is 4.37. The summed E-state index contributed by atoms with van der Waals surface area (Å²) in [6.45, 7) is 7.39. The highest BCUT2D eigenvalue weighted by molar-refractivity contribution is 7.11. The molecule has 0 aliphatic rings. The van der Waals surface area contributed by atoms with E-state index in [1.807, 2.05) is 6.20 Å². The van der Waals surface area contributed by atoms with E-state index in [1.165, 1.54) is 16.0 Å². The molecule has 0 aliphatic heterocycles. The fraction of sp³-hybridized carbons (Fsp3) is 0.438. The summed E-state index contributed by atoms with van der Waals surface area (Å²) in [4.78, 5) is 5.70. The normalized spacial score (nSPS) is 12.6. The van der Waals surface area contributed by atoms with E-state index in [4.69, 9.17) is 0 Å². The topological polar surface area (TPSA) is 24.9 Å². The van der Waals surface area contributed by atoms with Crippen LogP contribution in [-0.4, -0.2) is 11.5 Å². The van der Waals surface area contributed by atoms with Crippen LogP contribution in [-0.2, 0) is 12.8 Å². The minimum atomic E-state index is 0.378. The number of hydrogen-bond donors (Lipinski definition) is 1. The molecule has 1 aromatic carbocycles. The number of rotatable bonds is 6. The quantitative estimate of drug-likeness (QED) is 0.864.